The van der Waals surface area contributed by atoms with Gasteiger partial charge in [0.2, 0.25) is 0 Å². The lowest BCUT2D eigenvalue weighted by atomic mass is 9.91. The monoisotopic (exact) mass is 765 g/mol. The van der Waals surface area contributed by atoms with Crippen molar-refractivity contribution in [1.29, 1.82) is 5.26 Å². The molecule has 0 saturated carbocycles. The van der Waals surface area contributed by atoms with Crippen LogP contribution in [0.2, 0.25) is 0 Å². The van der Waals surface area contributed by atoms with Crippen molar-refractivity contribution in [2.24, 2.45) is 0 Å². The van der Waals surface area contributed by atoms with Crippen molar-refractivity contribution in [3.8, 4) is 79.0 Å². The molecule has 0 N–H and O–H groups in total. The van der Waals surface area contributed by atoms with Crippen LogP contribution in [0.1, 0.15) is 11.1 Å². The van der Waals surface area contributed by atoms with E-state index in [1.165, 1.54) is 11.1 Å². The molecule has 0 amide bonds. The van der Waals surface area contributed by atoms with Crippen LogP contribution in [-0.4, -0.2) is 14.5 Å². The molecule has 5 nitrogen and oxygen atoms in total. The molecule has 0 aliphatic heterocycles. The van der Waals surface area contributed by atoms with E-state index < -0.39 is 0 Å². The van der Waals surface area contributed by atoms with E-state index in [0.29, 0.717) is 17.1 Å². The van der Waals surface area contributed by atoms with Gasteiger partial charge >= 0.3 is 0 Å². The molecule has 60 heavy (non-hydrogen) atoms. The van der Waals surface area contributed by atoms with Crippen LogP contribution in [0.25, 0.3) is 99.6 Å². The van der Waals surface area contributed by atoms with Crippen LogP contribution in [0, 0.1) is 24.8 Å². The van der Waals surface area contributed by atoms with Crippen LogP contribution in [0.4, 0.5) is 5.69 Å². The number of nitrogens with zero attached hydrogens (tertiary/aromatic N) is 5. The van der Waals surface area contributed by atoms with Gasteiger partial charge < -0.3 is 4.57 Å². The second-order valence-corrected chi connectivity index (χ2v) is 14.9. The van der Waals surface area contributed by atoms with Gasteiger partial charge in [0.25, 0.3) is 0 Å². The highest BCUT2D eigenvalue weighted by Gasteiger charge is 2.23. The summed E-state index contributed by atoms with van der Waals surface area (Å²) in [5, 5.41) is 12.4. The first kappa shape index (κ1) is 36.0. The van der Waals surface area contributed by atoms with Crippen molar-refractivity contribution in [3.63, 3.8) is 0 Å². The van der Waals surface area contributed by atoms with Crippen LogP contribution in [0.15, 0.2) is 194 Å². The standard InChI is InChI=1S/C55H35N5/c1-36-15-9-10-24-45(36)42-27-28-53-49(31-42)46-25-11-12-26-52(46)60(53)54-47(40-21-13-16-37(29-40)35-56)32-43(33-48(54)41-22-14-23-44(30-41)57-2)55-58-50(38-17-5-3-6-18-38)34-51(59-55)39-19-7-4-8-20-39/h3-34H,1H3. The first-order chi connectivity index (χ1) is 29.6. The molecule has 2 heterocycles. The van der Waals surface area contributed by atoms with Gasteiger partial charge in [-0.15, -0.1) is 0 Å². The fraction of sp³-hybridized carbons (Fsp3) is 0.0182. The molecule has 0 aliphatic carbocycles. The van der Waals surface area contributed by atoms with Crippen LogP contribution in [0.5, 0.6) is 0 Å². The van der Waals surface area contributed by atoms with Crippen molar-refractivity contribution >= 4 is 27.5 Å². The highest BCUT2D eigenvalue weighted by Crippen LogP contribution is 2.45. The van der Waals surface area contributed by atoms with Crippen LogP contribution in [-0.2, 0) is 0 Å². The maximum Gasteiger partial charge on any atom is 0.187 e. The lowest BCUT2D eigenvalue weighted by Gasteiger charge is -2.21. The summed E-state index contributed by atoms with van der Waals surface area (Å²) in [5.41, 5.74) is 15.6. The summed E-state index contributed by atoms with van der Waals surface area (Å²) in [6.07, 6.45) is 0. The Morgan fingerprint density at radius 1 is 0.483 bits per heavy atom. The van der Waals surface area contributed by atoms with Crippen molar-refractivity contribution in [1.82, 2.24) is 14.5 Å². The number of aryl methyl sites for hydroxylation is 1. The Bertz CT molecular complexity index is 3210. The molecule has 280 valence electrons. The van der Waals surface area contributed by atoms with Crippen molar-refractivity contribution in [2.75, 3.05) is 0 Å². The largest absolute Gasteiger partial charge is 0.308 e. The first-order valence-electron chi connectivity index (χ1n) is 19.8. The molecule has 0 spiro atoms. The van der Waals surface area contributed by atoms with Gasteiger partial charge in [0.15, 0.2) is 11.5 Å². The Labute approximate surface area is 348 Å². The molecule has 0 radical (unpaired) electrons. The number of para-hydroxylation sites is 1. The van der Waals surface area contributed by atoms with E-state index in [4.69, 9.17) is 16.5 Å². The maximum atomic E-state index is 10.2. The lowest BCUT2D eigenvalue weighted by molar-refractivity contribution is 1.17. The predicted molar refractivity (Wildman–Crippen MR) is 245 cm³/mol. The van der Waals surface area contributed by atoms with E-state index in [-0.39, 0.29) is 0 Å². The Balaban J connectivity index is 1.33. The first-order valence-corrected chi connectivity index (χ1v) is 19.8. The summed E-state index contributed by atoms with van der Waals surface area (Å²) in [4.78, 5) is 14.4. The molecule has 0 fully saturated rings. The van der Waals surface area contributed by atoms with Crippen LogP contribution in [0.3, 0.4) is 0 Å². The summed E-state index contributed by atoms with van der Waals surface area (Å²) in [6, 6.07) is 68.4. The van der Waals surface area contributed by atoms with E-state index in [2.05, 4.69) is 138 Å². The molecule has 0 saturated heterocycles. The molecule has 5 heteroatoms. The minimum absolute atomic E-state index is 0.538. The van der Waals surface area contributed by atoms with Crippen molar-refractivity contribution in [3.05, 3.63) is 217 Å². The average Bonchev–Trinajstić information content (AvgIpc) is 3.65. The molecule has 0 bridgehead atoms. The Hall–Kier alpha value is -8.38. The normalized spacial score (nSPS) is 11.1. The summed E-state index contributed by atoms with van der Waals surface area (Å²) >= 11 is 0. The van der Waals surface area contributed by atoms with E-state index in [9.17, 15) is 5.26 Å². The van der Waals surface area contributed by atoms with Gasteiger partial charge in [-0.3, -0.25) is 0 Å². The minimum Gasteiger partial charge on any atom is -0.308 e. The minimum atomic E-state index is 0.538. The van der Waals surface area contributed by atoms with Gasteiger partial charge in [0, 0.05) is 38.6 Å². The van der Waals surface area contributed by atoms with E-state index in [1.807, 2.05) is 78.9 Å². The van der Waals surface area contributed by atoms with Crippen LogP contribution >= 0.6 is 0 Å². The van der Waals surface area contributed by atoms with E-state index in [1.54, 1.807) is 0 Å². The number of nitriles is 1. The second-order valence-electron chi connectivity index (χ2n) is 14.9. The SMILES string of the molecule is [C-]#[N+]c1cccc(-c2cc(-c3nc(-c4ccccc4)cc(-c4ccccc4)n3)cc(-c3cccc(C#N)c3)c2-n2c3ccccc3c3cc(-c4ccccc4C)ccc32)c1. The van der Waals surface area contributed by atoms with Gasteiger partial charge in [-0.1, -0.05) is 140 Å². The molecular formula is C55H35N5. The van der Waals surface area contributed by atoms with Gasteiger partial charge in [0.05, 0.1) is 46.3 Å². The van der Waals surface area contributed by atoms with Gasteiger partial charge in [-0.05, 0) is 89.3 Å². The fourth-order valence-corrected chi connectivity index (χ4v) is 8.31. The lowest BCUT2D eigenvalue weighted by Crippen LogP contribution is -2.03. The quantitative estimate of drug-likeness (QED) is 0.152. The van der Waals surface area contributed by atoms with Gasteiger partial charge in [-0.25, -0.2) is 14.8 Å². The molecule has 8 aromatic carbocycles. The van der Waals surface area contributed by atoms with Gasteiger partial charge in [0.1, 0.15) is 0 Å². The summed E-state index contributed by atoms with van der Waals surface area (Å²) < 4.78 is 2.35. The molecule has 0 atom stereocenters. The molecule has 10 rings (SSSR count). The number of benzene rings is 8. The zero-order valence-electron chi connectivity index (χ0n) is 32.7. The molecule has 0 unspecified atom stereocenters. The highest BCUT2D eigenvalue weighted by atomic mass is 15.0. The fourth-order valence-electron chi connectivity index (χ4n) is 8.31. The maximum absolute atomic E-state index is 10.2. The zero-order valence-corrected chi connectivity index (χ0v) is 32.7. The third-order valence-electron chi connectivity index (χ3n) is 11.2. The Morgan fingerprint density at radius 3 is 1.75 bits per heavy atom. The Morgan fingerprint density at radius 2 is 1.07 bits per heavy atom. The zero-order chi connectivity index (χ0) is 40.6. The summed E-state index contributed by atoms with van der Waals surface area (Å²) in [5.74, 6) is 0.562. The van der Waals surface area contributed by atoms with Crippen molar-refractivity contribution in [2.45, 2.75) is 6.92 Å². The third kappa shape index (κ3) is 6.47. The molecule has 2 aromatic heterocycles. The third-order valence-corrected chi connectivity index (χ3v) is 11.2. The number of rotatable bonds is 7. The molecule has 10 aromatic rings. The second kappa shape index (κ2) is 15.2. The summed E-state index contributed by atoms with van der Waals surface area (Å²) in [6.45, 7) is 10.1. The van der Waals surface area contributed by atoms with E-state index in [0.717, 1.165) is 83.4 Å². The average molecular weight is 766 g/mol. The molecular weight excluding hydrogens is 731 g/mol. The van der Waals surface area contributed by atoms with E-state index >= 15 is 0 Å². The predicted octanol–water partition coefficient (Wildman–Crippen LogP) is 14.3. The number of fused-ring (bicyclic) bond motifs is 3. The number of aromatic nitrogens is 3. The van der Waals surface area contributed by atoms with Gasteiger partial charge in [-0.2, -0.15) is 5.26 Å². The highest BCUT2D eigenvalue weighted by molar-refractivity contribution is 6.12. The number of hydrogen-bond acceptors (Lipinski definition) is 3. The van der Waals surface area contributed by atoms with Crippen molar-refractivity contribution < 1.29 is 0 Å². The number of hydrogen-bond donors (Lipinski definition) is 0. The topological polar surface area (TPSA) is 58.9 Å². The summed E-state index contributed by atoms with van der Waals surface area (Å²) in [7, 11) is 0. The smallest absolute Gasteiger partial charge is 0.187 e. The molecule has 0 aliphatic rings. The Kier molecular flexibility index (Phi) is 9.10. The van der Waals surface area contributed by atoms with Crippen LogP contribution < -0.4 is 0 Å².